The van der Waals surface area contributed by atoms with Gasteiger partial charge in [0.05, 0.1) is 4.88 Å². The zero-order valence-electron chi connectivity index (χ0n) is 12.8. The molecule has 0 saturated heterocycles. The second-order valence-electron chi connectivity index (χ2n) is 5.61. The van der Waals surface area contributed by atoms with E-state index in [0.29, 0.717) is 16.3 Å². The molecule has 1 N–H and O–H groups in total. The Morgan fingerprint density at radius 3 is 1.80 bits per heavy atom. The van der Waals surface area contributed by atoms with Crippen LogP contribution in [-0.4, -0.2) is 15.1 Å². The van der Waals surface area contributed by atoms with Crippen molar-refractivity contribution in [3.8, 4) is 0 Å². The Morgan fingerprint density at radius 1 is 0.760 bits per heavy atom. The van der Waals surface area contributed by atoms with Crippen molar-refractivity contribution in [2.45, 2.75) is 11.4 Å². The molecule has 7 heteroatoms. The maximum Gasteiger partial charge on any atom is 0.250 e. The van der Waals surface area contributed by atoms with Gasteiger partial charge in [0.2, 0.25) is 5.79 Å². The number of aliphatic hydroxyl groups is 1. The Kier molecular flexibility index (Phi) is 3.41. The molecule has 1 atom stereocenters. The molecule has 0 spiro atoms. The van der Waals surface area contributed by atoms with Gasteiger partial charge < -0.3 is 9.84 Å². The third-order valence-corrected chi connectivity index (χ3v) is 7.15. The van der Waals surface area contributed by atoms with Crippen LogP contribution in [0.25, 0.3) is 0 Å². The van der Waals surface area contributed by atoms with E-state index in [1.54, 1.807) is 35.1 Å². The second-order valence-corrected chi connectivity index (χ2v) is 8.46. The standard InChI is InChI=1S/C18H12N2O2S3/c21-18(14-6-3-11-25-14)16-15(19-7-8-20-16)17(22-18,12-4-1-9-23-12)13-5-2-10-24-13/h1-11,21H. The fourth-order valence-corrected chi connectivity index (χ4v) is 5.79. The molecule has 4 aromatic rings. The van der Waals surface area contributed by atoms with Crippen LogP contribution in [0.1, 0.15) is 26.0 Å². The molecule has 4 aromatic heterocycles. The van der Waals surface area contributed by atoms with Crippen molar-refractivity contribution in [3.05, 3.63) is 91.0 Å². The third kappa shape index (κ3) is 2.04. The molecule has 1 aliphatic rings. The molecule has 25 heavy (non-hydrogen) atoms. The maximum absolute atomic E-state index is 11.5. The summed E-state index contributed by atoms with van der Waals surface area (Å²) in [6.07, 6.45) is 3.25. The van der Waals surface area contributed by atoms with E-state index >= 15 is 0 Å². The first-order chi connectivity index (χ1) is 12.2. The van der Waals surface area contributed by atoms with E-state index in [4.69, 9.17) is 4.74 Å². The van der Waals surface area contributed by atoms with Crippen LogP contribution in [0.4, 0.5) is 0 Å². The summed E-state index contributed by atoms with van der Waals surface area (Å²) in [6.45, 7) is 0. The van der Waals surface area contributed by atoms with E-state index in [2.05, 4.69) is 9.97 Å². The highest BCUT2D eigenvalue weighted by Crippen LogP contribution is 2.56. The molecule has 0 aromatic carbocycles. The van der Waals surface area contributed by atoms with Gasteiger partial charge in [-0.2, -0.15) is 0 Å². The smallest absolute Gasteiger partial charge is 0.250 e. The number of fused-ring (bicyclic) bond motifs is 1. The van der Waals surface area contributed by atoms with E-state index in [9.17, 15) is 5.11 Å². The van der Waals surface area contributed by atoms with Gasteiger partial charge in [0.1, 0.15) is 11.4 Å². The largest absolute Gasteiger partial charge is 0.356 e. The minimum Gasteiger partial charge on any atom is -0.356 e. The Morgan fingerprint density at radius 2 is 1.28 bits per heavy atom. The Bertz CT molecular complexity index is 963. The first kappa shape index (κ1) is 15.4. The van der Waals surface area contributed by atoms with Gasteiger partial charge in [-0.05, 0) is 34.3 Å². The predicted molar refractivity (Wildman–Crippen MR) is 99.0 cm³/mol. The molecule has 0 amide bonds. The zero-order valence-corrected chi connectivity index (χ0v) is 15.3. The molecule has 0 aliphatic carbocycles. The summed E-state index contributed by atoms with van der Waals surface area (Å²) in [5.41, 5.74) is 0.153. The van der Waals surface area contributed by atoms with E-state index in [1.807, 2.05) is 52.5 Å². The van der Waals surface area contributed by atoms with Crippen LogP contribution in [0.2, 0.25) is 0 Å². The summed E-state index contributed by atoms with van der Waals surface area (Å²) in [6, 6.07) is 11.8. The van der Waals surface area contributed by atoms with E-state index < -0.39 is 11.4 Å². The fourth-order valence-electron chi connectivity index (χ4n) is 3.21. The molecule has 1 unspecified atom stereocenters. The summed E-state index contributed by atoms with van der Waals surface area (Å²) in [5, 5.41) is 17.5. The van der Waals surface area contributed by atoms with Gasteiger partial charge >= 0.3 is 0 Å². The minimum absolute atomic E-state index is 0.458. The summed E-state index contributed by atoms with van der Waals surface area (Å²) in [7, 11) is 0. The van der Waals surface area contributed by atoms with Crippen molar-refractivity contribution in [2.75, 3.05) is 0 Å². The zero-order chi connectivity index (χ0) is 16.9. The van der Waals surface area contributed by atoms with Crippen LogP contribution in [0.3, 0.4) is 0 Å². The van der Waals surface area contributed by atoms with Crippen molar-refractivity contribution in [1.82, 2.24) is 9.97 Å². The second kappa shape index (κ2) is 5.55. The number of thiophene rings is 3. The normalized spacial score (nSPS) is 21.3. The van der Waals surface area contributed by atoms with E-state index in [0.717, 1.165) is 9.75 Å². The van der Waals surface area contributed by atoms with Crippen molar-refractivity contribution in [2.24, 2.45) is 0 Å². The van der Waals surface area contributed by atoms with E-state index in [-0.39, 0.29) is 0 Å². The topological polar surface area (TPSA) is 55.2 Å². The summed E-state index contributed by atoms with van der Waals surface area (Å²) >= 11 is 4.61. The quantitative estimate of drug-likeness (QED) is 0.576. The summed E-state index contributed by atoms with van der Waals surface area (Å²) in [5.74, 6) is -1.62. The Balaban J connectivity index is 1.85. The number of ether oxygens (including phenoxy) is 1. The Hall–Kier alpha value is -1.90. The van der Waals surface area contributed by atoms with Crippen molar-refractivity contribution < 1.29 is 9.84 Å². The van der Waals surface area contributed by atoms with Gasteiger partial charge in [-0.3, -0.25) is 9.97 Å². The number of rotatable bonds is 3. The first-order valence-electron chi connectivity index (χ1n) is 7.61. The monoisotopic (exact) mass is 384 g/mol. The van der Waals surface area contributed by atoms with Gasteiger partial charge in [0.15, 0.2) is 5.60 Å². The SMILES string of the molecule is OC1(c2cccs2)OC(c2cccs2)(c2cccs2)c2nccnc21. The number of aromatic nitrogens is 2. The van der Waals surface area contributed by atoms with Gasteiger partial charge in [-0.15, -0.1) is 34.0 Å². The first-order valence-corrected chi connectivity index (χ1v) is 10.3. The number of hydrogen-bond acceptors (Lipinski definition) is 7. The predicted octanol–water partition coefficient (Wildman–Crippen LogP) is 4.18. The van der Waals surface area contributed by atoms with Gasteiger partial charge in [-0.25, -0.2) is 0 Å². The highest BCUT2D eigenvalue weighted by atomic mass is 32.1. The maximum atomic E-state index is 11.5. The molecule has 124 valence electrons. The summed E-state index contributed by atoms with van der Waals surface area (Å²) in [4.78, 5) is 11.7. The number of hydrogen-bond donors (Lipinski definition) is 1. The van der Waals surface area contributed by atoms with Crippen LogP contribution in [0.5, 0.6) is 0 Å². The fraction of sp³-hybridized carbons (Fsp3) is 0.111. The average molecular weight is 385 g/mol. The minimum atomic E-state index is -1.62. The van der Waals surface area contributed by atoms with Crippen molar-refractivity contribution in [1.29, 1.82) is 0 Å². The molecular weight excluding hydrogens is 372 g/mol. The van der Waals surface area contributed by atoms with Crippen LogP contribution >= 0.6 is 34.0 Å². The van der Waals surface area contributed by atoms with Crippen LogP contribution in [0, 0.1) is 0 Å². The van der Waals surface area contributed by atoms with E-state index in [1.165, 1.54) is 11.3 Å². The lowest BCUT2D eigenvalue weighted by Crippen LogP contribution is -2.34. The molecule has 4 nitrogen and oxygen atoms in total. The van der Waals surface area contributed by atoms with Crippen LogP contribution in [0.15, 0.2) is 64.9 Å². The third-order valence-electron chi connectivity index (χ3n) is 4.24. The molecule has 0 saturated carbocycles. The average Bonchev–Trinajstić information content (AvgIpc) is 3.42. The lowest BCUT2D eigenvalue weighted by atomic mass is 9.95. The molecule has 0 radical (unpaired) electrons. The molecule has 5 rings (SSSR count). The highest BCUT2D eigenvalue weighted by molar-refractivity contribution is 7.12. The number of nitrogens with zero attached hydrogens (tertiary/aromatic N) is 2. The van der Waals surface area contributed by atoms with Gasteiger partial charge in [-0.1, -0.05) is 18.2 Å². The highest BCUT2D eigenvalue weighted by Gasteiger charge is 2.59. The molecule has 0 bridgehead atoms. The molecular formula is C18H12N2O2S3. The summed E-state index contributed by atoms with van der Waals surface area (Å²) < 4.78 is 6.50. The molecule has 1 aliphatic heterocycles. The van der Waals surface area contributed by atoms with Gasteiger partial charge in [0, 0.05) is 22.1 Å². The van der Waals surface area contributed by atoms with Crippen molar-refractivity contribution in [3.63, 3.8) is 0 Å². The lowest BCUT2D eigenvalue weighted by molar-refractivity contribution is -0.206. The Labute approximate surface area is 156 Å². The van der Waals surface area contributed by atoms with Crippen LogP contribution < -0.4 is 0 Å². The lowest BCUT2D eigenvalue weighted by Gasteiger charge is -2.30. The molecule has 0 fully saturated rings. The van der Waals surface area contributed by atoms with Crippen molar-refractivity contribution >= 4 is 34.0 Å². The van der Waals surface area contributed by atoms with Crippen LogP contribution in [-0.2, 0) is 16.1 Å². The molecule has 5 heterocycles. The van der Waals surface area contributed by atoms with Gasteiger partial charge in [0.25, 0.3) is 0 Å².